The van der Waals surface area contributed by atoms with Crippen LogP contribution in [0, 0.1) is 12.8 Å². The third-order valence-corrected chi connectivity index (χ3v) is 3.84. The topological polar surface area (TPSA) is 79.3 Å². The molecule has 0 aliphatic carbocycles. The number of aromatic nitrogens is 1. The van der Waals surface area contributed by atoms with Crippen molar-refractivity contribution in [3.63, 3.8) is 0 Å². The van der Waals surface area contributed by atoms with Crippen LogP contribution in [-0.2, 0) is 11.2 Å². The van der Waals surface area contributed by atoms with Crippen LogP contribution in [0.5, 0.6) is 0 Å². The lowest BCUT2D eigenvalue weighted by molar-refractivity contribution is -0.141. The smallest absolute Gasteiger partial charge is 0.308 e. The Balaban J connectivity index is 1.98. The largest absolute Gasteiger partial charge is 0.481 e. The fourth-order valence-electron chi connectivity index (χ4n) is 1.98. The fourth-order valence-corrected chi connectivity index (χ4v) is 2.51. The summed E-state index contributed by atoms with van der Waals surface area (Å²) in [5.74, 6) is -1.92. The van der Waals surface area contributed by atoms with Crippen molar-refractivity contribution in [3.8, 4) is 0 Å². The van der Waals surface area contributed by atoms with Gasteiger partial charge >= 0.3 is 5.97 Å². The van der Waals surface area contributed by atoms with Crippen molar-refractivity contribution in [2.45, 2.75) is 13.3 Å². The molecule has 0 spiro atoms. The Kier molecular flexibility index (Phi) is 5.05. The van der Waals surface area contributed by atoms with Crippen LogP contribution in [0.4, 0.5) is 0 Å². The summed E-state index contributed by atoms with van der Waals surface area (Å²) in [6.07, 6.45) is 0.388. The zero-order chi connectivity index (χ0) is 15.2. The summed E-state index contributed by atoms with van der Waals surface area (Å²) in [6.45, 7) is 2.03. The molecule has 1 aromatic heterocycles. The van der Waals surface area contributed by atoms with Crippen molar-refractivity contribution >= 4 is 23.2 Å². The highest BCUT2D eigenvalue weighted by atomic mass is 32.1. The van der Waals surface area contributed by atoms with Gasteiger partial charge in [-0.3, -0.25) is 9.59 Å². The summed E-state index contributed by atoms with van der Waals surface area (Å²) in [5.41, 5.74) is 3.92. The first kappa shape index (κ1) is 15.2. The van der Waals surface area contributed by atoms with E-state index in [4.69, 9.17) is 0 Å². The molecule has 0 unspecified atom stereocenters. The SMILES string of the molecule is Cc1ccccc1C[C@H](CNC(=O)c1cscn1)C(=O)O. The highest BCUT2D eigenvalue weighted by Crippen LogP contribution is 2.13. The third-order valence-electron chi connectivity index (χ3n) is 3.25. The number of thiazole rings is 1. The zero-order valence-electron chi connectivity index (χ0n) is 11.6. The number of carboxylic acids is 1. The van der Waals surface area contributed by atoms with E-state index in [-0.39, 0.29) is 12.5 Å². The van der Waals surface area contributed by atoms with Crippen molar-refractivity contribution in [1.29, 1.82) is 0 Å². The second-order valence-electron chi connectivity index (χ2n) is 4.75. The molecule has 5 nitrogen and oxygen atoms in total. The lowest BCUT2D eigenvalue weighted by atomic mass is 9.96. The van der Waals surface area contributed by atoms with E-state index in [9.17, 15) is 14.7 Å². The molecule has 110 valence electrons. The monoisotopic (exact) mass is 304 g/mol. The highest BCUT2D eigenvalue weighted by Gasteiger charge is 2.20. The van der Waals surface area contributed by atoms with Gasteiger partial charge in [0.05, 0.1) is 11.4 Å². The van der Waals surface area contributed by atoms with Crippen LogP contribution in [0.1, 0.15) is 21.6 Å². The number of hydrogen-bond donors (Lipinski definition) is 2. The molecule has 0 saturated heterocycles. The van der Waals surface area contributed by atoms with E-state index in [1.807, 2.05) is 31.2 Å². The lowest BCUT2D eigenvalue weighted by Crippen LogP contribution is -2.34. The first-order valence-corrected chi connectivity index (χ1v) is 7.46. The van der Waals surface area contributed by atoms with E-state index in [1.54, 1.807) is 10.9 Å². The molecule has 0 radical (unpaired) electrons. The number of carbonyl (C=O) groups is 2. The summed E-state index contributed by atoms with van der Waals surface area (Å²) < 4.78 is 0. The first-order valence-electron chi connectivity index (χ1n) is 6.51. The summed E-state index contributed by atoms with van der Waals surface area (Å²) in [4.78, 5) is 27.0. The van der Waals surface area contributed by atoms with Gasteiger partial charge in [-0.25, -0.2) is 4.98 Å². The molecule has 1 amide bonds. The average molecular weight is 304 g/mol. The van der Waals surface area contributed by atoms with Crippen molar-refractivity contribution in [2.75, 3.05) is 6.54 Å². The Morgan fingerprint density at radius 3 is 2.76 bits per heavy atom. The van der Waals surface area contributed by atoms with Gasteiger partial charge in [0.25, 0.3) is 5.91 Å². The zero-order valence-corrected chi connectivity index (χ0v) is 12.4. The number of aliphatic carboxylic acids is 1. The Bertz CT molecular complexity index is 626. The molecule has 21 heavy (non-hydrogen) atoms. The molecular weight excluding hydrogens is 288 g/mol. The average Bonchev–Trinajstić information content (AvgIpc) is 2.99. The van der Waals surface area contributed by atoms with Crippen LogP contribution >= 0.6 is 11.3 Å². The van der Waals surface area contributed by atoms with E-state index in [2.05, 4.69) is 10.3 Å². The van der Waals surface area contributed by atoms with Gasteiger partial charge < -0.3 is 10.4 Å². The number of rotatable bonds is 6. The van der Waals surface area contributed by atoms with Gasteiger partial charge in [0.15, 0.2) is 0 Å². The third kappa shape index (κ3) is 4.13. The van der Waals surface area contributed by atoms with Gasteiger partial charge in [0.2, 0.25) is 0 Å². The van der Waals surface area contributed by atoms with Gasteiger partial charge in [-0.2, -0.15) is 0 Å². The molecule has 0 aliphatic heterocycles. The van der Waals surface area contributed by atoms with E-state index in [1.165, 1.54) is 11.3 Å². The van der Waals surface area contributed by atoms with Gasteiger partial charge in [-0.05, 0) is 24.5 Å². The van der Waals surface area contributed by atoms with Crippen molar-refractivity contribution in [1.82, 2.24) is 10.3 Å². The fraction of sp³-hybridized carbons (Fsp3) is 0.267. The molecule has 0 aliphatic rings. The maximum atomic E-state index is 11.8. The molecule has 1 heterocycles. The van der Waals surface area contributed by atoms with Crippen molar-refractivity contribution < 1.29 is 14.7 Å². The normalized spacial score (nSPS) is 11.9. The van der Waals surface area contributed by atoms with Crippen LogP contribution in [0.2, 0.25) is 0 Å². The quantitative estimate of drug-likeness (QED) is 0.857. The predicted octanol–water partition coefficient (Wildman–Crippen LogP) is 2.12. The lowest BCUT2D eigenvalue weighted by Gasteiger charge is -2.14. The minimum atomic E-state index is -0.920. The maximum absolute atomic E-state index is 11.8. The summed E-state index contributed by atoms with van der Waals surface area (Å²) in [7, 11) is 0. The number of hydrogen-bond acceptors (Lipinski definition) is 4. The number of nitrogens with zero attached hydrogens (tertiary/aromatic N) is 1. The standard InChI is InChI=1S/C15H16N2O3S/c1-10-4-2-3-5-11(10)6-12(15(19)20)7-16-14(18)13-8-21-9-17-13/h2-5,8-9,12H,6-7H2,1H3,(H,16,18)(H,19,20)/t12-/m1/s1. The predicted molar refractivity (Wildman–Crippen MR) is 80.5 cm³/mol. The molecule has 2 rings (SSSR count). The molecular formula is C15H16N2O3S. The Morgan fingerprint density at radius 2 is 2.14 bits per heavy atom. The maximum Gasteiger partial charge on any atom is 0.308 e. The van der Waals surface area contributed by atoms with Crippen LogP contribution < -0.4 is 5.32 Å². The van der Waals surface area contributed by atoms with Crippen molar-refractivity contribution in [3.05, 3.63) is 52.0 Å². The number of amides is 1. The Hall–Kier alpha value is -2.21. The Morgan fingerprint density at radius 1 is 1.38 bits per heavy atom. The number of aryl methyl sites for hydroxylation is 1. The molecule has 0 saturated carbocycles. The van der Waals surface area contributed by atoms with E-state index < -0.39 is 11.9 Å². The van der Waals surface area contributed by atoms with Crippen molar-refractivity contribution in [2.24, 2.45) is 5.92 Å². The van der Waals surface area contributed by atoms with Crippen LogP contribution in [0.15, 0.2) is 35.2 Å². The number of carbonyl (C=O) groups excluding carboxylic acids is 1. The van der Waals surface area contributed by atoms with E-state index in [0.29, 0.717) is 12.1 Å². The minimum absolute atomic E-state index is 0.0834. The van der Waals surface area contributed by atoms with Gasteiger partial charge in [-0.1, -0.05) is 24.3 Å². The highest BCUT2D eigenvalue weighted by molar-refractivity contribution is 7.07. The second-order valence-corrected chi connectivity index (χ2v) is 5.47. The minimum Gasteiger partial charge on any atom is -0.481 e. The summed E-state index contributed by atoms with van der Waals surface area (Å²) in [5, 5.41) is 13.6. The van der Waals surface area contributed by atoms with E-state index >= 15 is 0 Å². The number of benzene rings is 1. The molecule has 2 N–H and O–H groups in total. The molecule has 1 aromatic carbocycles. The van der Waals surface area contributed by atoms with E-state index in [0.717, 1.165) is 11.1 Å². The first-order chi connectivity index (χ1) is 10.1. The summed E-state index contributed by atoms with van der Waals surface area (Å²) >= 11 is 1.32. The van der Waals surface area contributed by atoms with Crippen LogP contribution in [-0.4, -0.2) is 28.5 Å². The summed E-state index contributed by atoms with van der Waals surface area (Å²) in [6, 6.07) is 7.66. The van der Waals surface area contributed by atoms with Crippen LogP contribution in [0.3, 0.4) is 0 Å². The number of carboxylic acid groups (broad SMARTS) is 1. The molecule has 0 fully saturated rings. The van der Waals surface area contributed by atoms with Crippen LogP contribution in [0.25, 0.3) is 0 Å². The molecule has 2 aromatic rings. The molecule has 1 atom stereocenters. The van der Waals surface area contributed by atoms with Gasteiger partial charge in [0.1, 0.15) is 5.69 Å². The molecule has 0 bridgehead atoms. The second kappa shape index (κ2) is 6.99. The Labute approximate surface area is 126 Å². The van der Waals surface area contributed by atoms with Gasteiger partial charge in [0, 0.05) is 11.9 Å². The number of nitrogens with one attached hydrogen (secondary N) is 1. The van der Waals surface area contributed by atoms with Gasteiger partial charge in [-0.15, -0.1) is 11.3 Å². The molecule has 6 heteroatoms.